The van der Waals surface area contributed by atoms with Gasteiger partial charge in [0.2, 0.25) is 0 Å². The van der Waals surface area contributed by atoms with Gasteiger partial charge in [0.05, 0.1) is 0 Å². The van der Waals surface area contributed by atoms with Gasteiger partial charge in [0.25, 0.3) is 0 Å². The number of esters is 1. The van der Waals surface area contributed by atoms with Crippen LogP contribution in [-0.4, -0.2) is 28.6 Å². The molecule has 0 spiro atoms. The molecule has 0 aromatic rings. The highest BCUT2D eigenvalue weighted by atomic mass is 16.6. The molecule has 0 bridgehead atoms. The zero-order valence-corrected chi connectivity index (χ0v) is 13.3. The number of Topliss-reactive ketones (excluding diaryl/α,β-unsaturated/α-hetero) is 1. The van der Waals surface area contributed by atoms with Crippen LogP contribution in [0.2, 0.25) is 0 Å². The van der Waals surface area contributed by atoms with E-state index in [2.05, 4.69) is 6.58 Å². The molecule has 1 N–H and O–H groups in total. The number of allylic oxidation sites excluding steroid dienone is 3. The molecule has 0 aromatic carbocycles. The Hall–Kier alpha value is -1.68. The average molecular weight is 302 g/mol. The molecule has 0 amide bonds. The molecule has 4 nitrogen and oxygen atoms in total. The van der Waals surface area contributed by atoms with Gasteiger partial charge >= 0.3 is 5.97 Å². The van der Waals surface area contributed by atoms with Crippen LogP contribution < -0.4 is 0 Å². The van der Waals surface area contributed by atoms with E-state index >= 15 is 0 Å². The van der Waals surface area contributed by atoms with Crippen molar-refractivity contribution in [3.05, 3.63) is 36.0 Å². The van der Waals surface area contributed by atoms with Crippen LogP contribution in [0.25, 0.3) is 0 Å². The van der Waals surface area contributed by atoms with Gasteiger partial charge in [0, 0.05) is 17.1 Å². The van der Waals surface area contributed by atoms with E-state index in [-0.39, 0.29) is 17.6 Å². The maximum absolute atomic E-state index is 13.0. The third-order valence-corrected chi connectivity index (χ3v) is 5.83. The quantitative estimate of drug-likeness (QED) is 0.596. The minimum Gasteiger partial charge on any atom is -0.457 e. The Balaban J connectivity index is 2.17. The number of rotatable bonds is 1. The lowest BCUT2D eigenvalue weighted by molar-refractivity contribution is -0.166. The number of fused-ring (bicyclic) bond motifs is 3. The lowest BCUT2D eigenvalue weighted by atomic mass is 9.64. The van der Waals surface area contributed by atoms with E-state index in [0.717, 1.165) is 6.42 Å². The van der Waals surface area contributed by atoms with Crippen LogP contribution in [0.15, 0.2) is 36.0 Å². The third-order valence-electron chi connectivity index (χ3n) is 5.83. The number of hydrogen-bond donors (Lipinski definition) is 1. The largest absolute Gasteiger partial charge is 0.457 e. The van der Waals surface area contributed by atoms with Crippen molar-refractivity contribution in [2.24, 2.45) is 17.3 Å². The Morgan fingerprint density at radius 1 is 1.41 bits per heavy atom. The van der Waals surface area contributed by atoms with Crippen molar-refractivity contribution >= 4 is 11.8 Å². The van der Waals surface area contributed by atoms with Crippen LogP contribution >= 0.6 is 0 Å². The molecular weight excluding hydrogens is 280 g/mol. The van der Waals surface area contributed by atoms with Crippen molar-refractivity contribution in [2.45, 2.75) is 45.3 Å². The summed E-state index contributed by atoms with van der Waals surface area (Å²) < 4.78 is 5.51. The van der Waals surface area contributed by atoms with E-state index in [0.29, 0.717) is 17.6 Å². The summed E-state index contributed by atoms with van der Waals surface area (Å²) in [6.07, 6.45) is 5.94. The highest BCUT2D eigenvalue weighted by Gasteiger charge is 2.68. The molecule has 4 heteroatoms. The molecule has 0 radical (unpaired) electrons. The first-order valence-corrected chi connectivity index (χ1v) is 7.80. The fourth-order valence-electron chi connectivity index (χ4n) is 4.35. The van der Waals surface area contributed by atoms with Gasteiger partial charge in [-0.15, -0.1) is 0 Å². The summed E-state index contributed by atoms with van der Waals surface area (Å²) in [5.74, 6) is -0.891. The number of carbonyl (C=O) groups excluding carboxylic acids is 2. The van der Waals surface area contributed by atoms with E-state index < -0.39 is 23.1 Å². The van der Waals surface area contributed by atoms with Crippen LogP contribution in [0.1, 0.15) is 33.6 Å². The van der Waals surface area contributed by atoms with Gasteiger partial charge < -0.3 is 9.84 Å². The van der Waals surface area contributed by atoms with Crippen molar-refractivity contribution < 1.29 is 19.4 Å². The fraction of sp³-hybridized carbons (Fsp3) is 0.556. The number of hydrogen-bond acceptors (Lipinski definition) is 4. The topological polar surface area (TPSA) is 63.6 Å². The van der Waals surface area contributed by atoms with Gasteiger partial charge in [-0.2, -0.15) is 0 Å². The summed E-state index contributed by atoms with van der Waals surface area (Å²) in [4.78, 5) is 24.9. The van der Waals surface area contributed by atoms with Crippen LogP contribution in [0, 0.1) is 17.3 Å². The molecule has 22 heavy (non-hydrogen) atoms. The summed E-state index contributed by atoms with van der Waals surface area (Å²) in [6.45, 7) is 9.35. The second-order valence-electron chi connectivity index (χ2n) is 6.89. The Kier molecular flexibility index (Phi) is 3.22. The fourth-order valence-corrected chi connectivity index (χ4v) is 4.35. The summed E-state index contributed by atoms with van der Waals surface area (Å²) in [5.41, 5.74) is -1.54. The van der Waals surface area contributed by atoms with E-state index in [1.807, 2.05) is 13.8 Å². The van der Waals surface area contributed by atoms with Crippen molar-refractivity contribution in [2.75, 3.05) is 0 Å². The summed E-state index contributed by atoms with van der Waals surface area (Å²) in [5, 5.41) is 11.4. The first kappa shape index (κ1) is 15.2. The van der Waals surface area contributed by atoms with Crippen molar-refractivity contribution in [3.63, 3.8) is 0 Å². The summed E-state index contributed by atoms with van der Waals surface area (Å²) in [6, 6.07) is 0. The van der Waals surface area contributed by atoms with Gasteiger partial charge in [0.1, 0.15) is 17.1 Å². The highest BCUT2D eigenvalue weighted by Crippen LogP contribution is 2.57. The highest BCUT2D eigenvalue weighted by molar-refractivity contribution is 6.07. The van der Waals surface area contributed by atoms with E-state index in [1.54, 1.807) is 25.2 Å². The predicted molar refractivity (Wildman–Crippen MR) is 81.9 cm³/mol. The lowest BCUT2D eigenvalue weighted by Crippen LogP contribution is -2.56. The Labute approximate surface area is 130 Å². The SMILES string of the molecule is C=C1C(=O)OC2C1CCC(C)C1(O)C=C(C=CC)C(=O)C21C. The van der Waals surface area contributed by atoms with Crippen molar-refractivity contribution in [1.29, 1.82) is 0 Å². The number of ether oxygens (including phenoxy) is 1. The molecule has 3 rings (SSSR count). The zero-order chi connectivity index (χ0) is 16.3. The van der Waals surface area contributed by atoms with Crippen molar-refractivity contribution in [1.82, 2.24) is 0 Å². The molecule has 5 atom stereocenters. The zero-order valence-electron chi connectivity index (χ0n) is 13.3. The first-order valence-electron chi connectivity index (χ1n) is 7.80. The third kappa shape index (κ3) is 1.62. The molecular formula is C18H22O4. The number of carbonyl (C=O) groups is 2. The average Bonchev–Trinajstić information content (AvgIpc) is 2.84. The van der Waals surface area contributed by atoms with Gasteiger partial charge in [-0.25, -0.2) is 4.79 Å². The second-order valence-corrected chi connectivity index (χ2v) is 6.89. The van der Waals surface area contributed by atoms with Crippen molar-refractivity contribution in [3.8, 4) is 0 Å². The molecule has 0 aromatic heterocycles. The molecule has 1 heterocycles. The molecule has 5 unspecified atom stereocenters. The second kappa shape index (κ2) is 4.66. The predicted octanol–water partition coefficient (Wildman–Crippen LogP) is 2.34. The summed E-state index contributed by atoms with van der Waals surface area (Å²) in [7, 11) is 0. The minimum absolute atomic E-state index is 0.0960. The standard InChI is InChI=1S/C18H22O4/c1-5-6-12-9-18(21)10(2)7-8-13-11(3)16(20)22-15(13)17(18,4)14(12)19/h5-6,9-10,13,15,21H,3,7-8H2,1-2,4H3. The maximum atomic E-state index is 13.0. The molecule has 1 aliphatic heterocycles. The normalized spacial score (nSPS) is 44.6. The molecule has 2 fully saturated rings. The number of aliphatic hydroxyl groups is 1. The first-order chi connectivity index (χ1) is 10.3. The van der Waals surface area contributed by atoms with Gasteiger partial charge in [0.15, 0.2) is 5.78 Å². The van der Waals surface area contributed by atoms with Gasteiger partial charge in [-0.3, -0.25) is 4.79 Å². The molecule has 2 aliphatic carbocycles. The van der Waals surface area contributed by atoms with Crippen LogP contribution in [0.4, 0.5) is 0 Å². The molecule has 1 saturated heterocycles. The minimum atomic E-state index is -1.30. The maximum Gasteiger partial charge on any atom is 0.334 e. The molecule has 1 saturated carbocycles. The van der Waals surface area contributed by atoms with Crippen LogP contribution in [0.3, 0.4) is 0 Å². The Morgan fingerprint density at radius 2 is 2.09 bits per heavy atom. The van der Waals surface area contributed by atoms with E-state index in [4.69, 9.17) is 4.74 Å². The van der Waals surface area contributed by atoms with E-state index in [1.165, 1.54) is 0 Å². The van der Waals surface area contributed by atoms with Crippen LogP contribution in [-0.2, 0) is 14.3 Å². The molecule has 3 aliphatic rings. The number of ketones is 1. The Morgan fingerprint density at radius 3 is 2.73 bits per heavy atom. The van der Waals surface area contributed by atoms with Gasteiger partial charge in [-0.1, -0.05) is 25.7 Å². The molecule has 118 valence electrons. The van der Waals surface area contributed by atoms with Crippen LogP contribution in [0.5, 0.6) is 0 Å². The monoisotopic (exact) mass is 302 g/mol. The van der Waals surface area contributed by atoms with Gasteiger partial charge in [-0.05, 0) is 38.7 Å². The van der Waals surface area contributed by atoms with E-state index in [9.17, 15) is 14.7 Å². The summed E-state index contributed by atoms with van der Waals surface area (Å²) >= 11 is 0. The Bertz CT molecular complexity index is 629. The smallest absolute Gasteiger partial charge is 0.334 e. The lowest BCUT2D eigenvalue weighted by Gasteiger charge is -2.43.